The van der Waals surface area contributed by atoms with Gasteiger partial charge in [-0.25, -0.2) is 9.67 Å². The maximum atomic E-state index is 12.5. The minimum atomic E-state index is -0.431. The number of ether oxygens (including phenoxy) is 1. The molecule has 0 aliphatic carbocycles. The summed E-state index contributed by atoms with van der Waals surface area (Å²) in [5.41, 5.74) is 8.20. The van der Waals surface area contributed by atoms with E-state index in [9.17, 15) is 4.79 Å². The number of carbonyl (C=O) groups excluding carboxylic acids is 1. The molecule has 2 heterocycles. The average molecular weight is 387 g/mol. The van der Waals surface area contributed by atoms with E-state index in [1.807, 2.05) is 31.2 Å². The molecule has 0 fully saturated rings. The van der Waals surface area contributed by atoms with Crippen molar-refractivity contribution in [1.82, 2.24) is 25.2 Å². The SMILES string of the molecule is COc1ccnc(NNC(=O)c2c(C)nn(Cc3ccc(C)cc3)c2Cl)n1. The van der Waals surface area contributed by atoms with E-state index in [0.717, 1.165) is 5.56 Å². The van der Waals surface area contributed by atoms with Gasteiger partial charge in [0, 0.05) is 12.3 Å². The summed E-state index contributed by atoms with van der Waals surface area (Å²) in [6, 6.07) is 9.65. The number of nitrogens with zero attached hydrogens (tertiary/aromatic N) is 4. The second-order valence-electron chi connectivity index (χ2n) is 5.90. The van der Waals surface area contributed by atoms with Crippen LogP contribution in [-0.4, -0.2) is 32.8 Å². The normalized spacial score (nSPS) is 10.5. The molecule has 140 valence electrons. The number of halogens is 1. The molecule has 0 bridgehead atoms. The van der Waals surface area contributed by atoms with Crippen molar-refractivity contribution in [2.24, 2.45) is 0 Å². The zero-order valence-electron chi connectivity index (χ0n) is 15.2. The number of nitrogens with one attached hydrogen (secondary N) is 2. The van der Waals surface area contributed by atoms with Gasteiger partial charge in [0.2, 0.25) is 11.8 Å². The van der Waals surface area contributed by atoms with Gasteiger partial charge < -0.3 is 4.74 Å². The molecule has 3 aromatic rings. The first-order valence-corrected chi connectivity index (χ1v) is 8.57. The third-order valence-electron chi connectivity index (χ3n) is 3.87. The van der Waals surface area contributed by atoms with Crippen LogP contribution in [-0.2, 0) is 6.54 Å². The van der Waals surface area contributed by atoms with Gasteiger partial charge in [0.1, 0.15) is 10.7 Å². The summed E-state index contributed by atoms with van der Waals surface area (Å²) in [5, 5.41) is 4.64. The fraction of sp³-hybridized carbons (Fsp3) is 0.222. The van der Waals surface area contributed by atoms with Crippen molar-refractivity contribution in [2.75, 3.05) is 12.5 Å². The summed E-state index contributed by atoms with van der Waals surface area (Å²) in [7, 11) is 1.50. The van der Waals surface area contributed by atoms with E-state index < -0.39 is 5.91 Å². The molecule has 0 radical (unpaired) electrons. The van der Waals surface area contributed by atoms with E-state index in [-0.39, 0.29) is 11.1 Å². The number of aromatic nitrogens is 4. The van der Waals surface area contributed by atoms with Crippen molar-refractivity contribution < 1.29 is 9.53 Å². The van der Waals surface area contributed by atoms with E-state index in [1.165, 1.54) is 18.9 Å². The van der Waals surface area contributed by atoms with Crippen LogP contribution in [0.1, 0.15) is 27.2 Å². The average Bonchev–Trinajstić information content (AvgIpc) is 2.95. The van der Waals surface area contributed by atoms with Gasteiger partial charge in [-0.2, -0.15) is 10.1 Å². The van der Waals surface area contributed by atoms with Crippen molar-refractivity contribution in [3.8, 4) is 5.88 Å². The largest absolute Gasteiger partial charge is 0.481 e. The summed E-state index contributed by atoms with van der Waals surface area (Å²) >= 11 is 6.40. The lowest BCUT2D eigenvalue weighted by Crippen LogP contribution is -2.30. The van der Waals surface area contributed by atoms with Crippen molar-refractivity contribution in [3.05, 3.63) is 64.1 Å². The maximum Gasteiger partial charge on any atom is 0.274 e. The zero-order valence-corrected chi connectivity index (χ0v) is 15.9. The number of hydrogen-bond acceptors (Lipinski definition) is 6. The molecule has 0 aliphatic rings. The minimum Gasteiger partial charge on any atom is -0.481 e. The Labute approximate surface area is 161 Å². The highest BCUT2D eigenvalue weighted by Gasteiger charge is 2.20. The van der Waals surface area contributed by atoms with Crippen molar-refractivity contribution >= 4 is 23.5 Å². The summed E-state index contributed by atoms with van der Waals surface area (Å²) in [6.07, 6.45) is 1.51. The molecule has 0 unspecified atom stereocenters. The summed E-state index contributed by atoms with van der Waals surface area (Å²) in [6.45, 7) is 4.23. The van der Waals surface area contributed by atoms with Gasteiger partial charge in [0.25, 0.3) is 5.91 Å². The number of benzene rings is 1. The Balaban J connectivity index is 1.73. The second kappa shape index (κ2) is 8.05. The van der Waals surface area contributed by atoms with Crippen LogP contribution in [0.15, 0.2) is 36.5 Å². The Bertz CT molecular complexity index is 955. The second-order valence-corrected chi connectivity index (χ2v) is 6.25. The molecule has 27 heavy (non-hydrogen) atoms. The van der Waals surface area contributed by atoms with Crippen LogP contribution in [0.25, 0.3) is 0 Å². The fourth-order valence-electron chi connectivity index (χ4n) is 2.47. The molecule has 0 saturated carbocycles. The van der Waals surface area contributed by atoms with E-state index in [1.54, 1.807) is 17.7 Å². The molecular weight excluding hydrogens is 368 g/mol. The van der Waals surface area contributed by atoms with Gasteiger partial charge in [-0.3, -0.25) is 15.6 Å². The first-order chi connectivity index (χ1) is 13.0. The van der Waals surface area contributed by atoms with Gasteiger partial charge in [0.05, 0.1) is 19.3 Å². The number of aryl methyl sites for hydroxylation is 2. The number of carbonyl (C=O) groups is 1. The summed E-state index contributed by atoms with van der Waals surface area (Å²) in [4.78, 5) is 20.6. The maximum absolute atomic E-state index is 12.5. The Morgan fingerprint density at radius 2 is 1.96 bits per heavy atom. The highest BCUT2D eigenvalue weighted by atomic mass is 35.5. The van der Waals surface area contributed by atoms with Crippen LogP contribution < -0.4 is 15.6 Å². The Morgan fingerprint density at radius 3 is 2.67 bits per heavy atom. The third-order valence-corrected chi connectivity index (χ3v) is 4.26. The van der Waals surface area contributed by atoms with Gasteiger partial charge in [-0.1, -0.05) is 41.4 Å². The van der Waals surface area contributed by atoms with Crippen LogP contribution in [0.3, 0.4) is 0 Å². The summed E-state index contributed by atoms with van der Waals surface area (Å²) in [5.74, 6) is 0.143. The molecule has 1 amide bonds. The molecule has 0 saturated heterocycles. The number of hydrazine groups is 1. The van der Waals surface area contributed by atoms with Crippen molar-refractivity contribution in [2.45, 2.75) is 20.4 Å². The number of amides is 1. The lowest BCUT2D eigenvalue weighted by molar-refractivity contribution is 0.0961. The third kappa shape index (κ3) is 4.35. The van der Waals surface area contributed by atoms with Crippen LogP contribution in [0.2, 0.25) is 5.15 Å². The molecule has 2 aromatic heterocycles. The van der Waals surface area contributed by atoms with Gasteiger partial charge in [-0.05, 0) is 19.4 Å². The molecule has 0 atom stereocenters. The first kappa shape index (κ1) is 18.7. The van der Waals surface area contributed by atoms with Crippen molar-refractivity contribution in [3.63, 3.8) is 0 Å². The lowest BCUT2D eigenvalue weighted by Gasteiger charge is -2.08. The van der Waals surface area contributed by atoms with Crippen LogP contribution in [0.5, 0.6) is 5.88 Å². The molecule has 0 spiro atoms. The van der Waals surface area contributed by atoms with E-state index in [4.69, 9.17) is 16.3 Å². The molecule has 0 aliphatic heterocycles. The van der Waals surface area contributed by atoms with Gasteiger partial charge in [0.15, 0.2) is 0 Å². The quantitative estimate of drug-likeness (QED) is 0.632. The Morgan fingerprint density at radius 1 is 1.22 bits per heavy atom. The topological polar surface area (TPSA) is 94.0 Å². The fourth-order valence-corrected chi connectivity index (χ4v) is 2.79. The minimum absolute atomic E-state index is 0.198. The number of rotatable bonds is 6. The first-order valence-electron chi connectivity index (χ1n) is 8.19. The predicted octanol–water partition coefficient (Wildman–Crippen LogP) is 2.76. The number of hydrogen-bond donors (Lipinski definition) is 2. The molecule has 9 heteroatoms. The van der Waals surface area contributed by atoms with E-state index in [2.05, 4.69) is 25.9 Å². The molecular formula is C18H19ClN6O2. The zero-order chi connectivity index (χ0) is 19.4. The monoisotopic (exact) mass is 386 g/mol. The Kier molecular flexibility index (Phi) is 5.56. The standard InChI is InChI=1S/C18H19ClN6O2/c1-11-4-6-13(7-5-11)10-25-16(19)15(12(2)24-25)17(26)22-23-18-20-9-8-14(21-18)27-3/h4-9H,10H2,1-3H3,(H,22,26)(H,20,21,23). The van der Waals surface area contributed by atoms with Crippen molar-refractivity contribution in [1.29, 1.82) is 0 Å². The highest BCUT2D eigenvalue weighted by Crippen LogP contribution is 2.21. The van der Waals surface area contributed by atoms with E-state index in [0.29, 0.717) is 23.7 Å². The lowest BCUT2D eigenvalue weighted by atomic mass is 10.1. The Hall–Kier alpha value is -3.13. The highest BCUT2D eigenvalue weighted by molar-refractivity contribution is 6.33. The van der Waals surface area contributed by atoms with Crippen LogP contribution >= 0.6 is 11.6 Å². The number of anilines is 1. The van der Waals surface area contributed by atoms with Crippen LogP contribution in [0, 0.1) is 13.8 Å². The summed E-state index contributed by atoms with van der Waals surface area (Å²) < 4.78 is 6.61. The molecule has 8 nitrogen and oxygen atoms in total. The smallest absolute Gasteiger partial charge is 0.274 e. The molecule has 2 N–H and O–H groups in total. The predicted molar refractivity (Wildman–Crippen MR) is 102 cm³/mol. The van der Waals surface area contributed by atoms with Gasteiger partial charge in [-0.15, -0.1) is 0 Å². The molecule has 1 aromatic carbocycles. The number of methoxy groups -OCH3 is 1. The molecule has 3 rings (SSSR count). The van der Waals surface area contributed by atoms with Crippen LogP contribution in [0.4, 0.5) is 5.95 Å². The van der Waals surface area contributed by atoms with E-state index >= 15 is 0 Å². The van der Waals surface area contributed by atoms with Gasteiger partial charge >= 0.3 is 0 Å².